The second-order valence-corrected chi connectivity index (χ2v) is 3.91. The Hall–Kier alpha value is -0.480. The van der Waals surface area contributed by atoms with Crippen LogP contribution >= 0.6 is 11.8 Å². The van der Waals surface area contributed by atoms with Crippen LogP contribution in [0, 0.1) is 0 Å². The first kappa shape index (κ1) is 10.6. The summed E-state index contributed by atoms with van der Waals surface area (Å²) in [6.45, 7) is 3.39. The van der Waals surface area contributed by atoms with Crippen molar-refractivity contribution < 1.29 is 5.11 Å². The Kier molecular flexibility index (Phi) is 4.93. The number of aromatic nitrogens is 2. The molecule has 0 fully saturated rings. The number of imidazole rings is 1. The van der Waals surface area contributed by atoms with Crippen molar-refractivity contribution in [2.75, 3.05) is 12.4 Å². The van der Waals surface area contributed by atoms with E-state index in [0.717, 1.165) is 24.5 Å². The smallest absolute Gasteiger partial charge is 0.0948 e. The van der Waals surface area contributed by atoms with Gasteiger partial charge in [-0.25, -0.2) is 4.98 Å². The fourth-order valence-electron chi connectivity index (χ4n) is 1.10. The minimum absolute atomic E-state index is 0.292. The molecule has 0 saturated carbocycles. The first-order valence-corrected chi connectivity index (χ1v) is 5.71. The Morgan fingerprint density at radius 3 is 3.15 bits per heavy atom. The van der Waals surface area contributed by atoms with Crippen molar-refractivity contribution in [1.82, 2.24) is 9.55 Å². The fraction of sp³-hybridized carbons (Fsp3) is 0.667. The van der Waals surface area contributed by atoms with E-state index in [0.29, 0.717) is 6.61 Å². The average Bonchev–Trinajstić information content (AvgIpc) is 2.60. The number of aliphatic hydroxyl groups is 1. The van der Waals surface area contributed by atoms with Crippen molar-refractivity contribution in [2.45, 2.75) is 25.6 Å². The summed E-state index contributed by atoms with van der Waals surface area (Å²) in [6.07, 6.45) is 4.66. The highest BCUT2D eigenvalue weighted by atomic mass is 32.2. The monoisotopic (exact) mass is 200 g/mol. The van der Waals surface area contributed by atoms with Crippen LogP contribution in [-0.2, 0) is 12.3 Å². The molecule has 0 spiro atoms. The van der Waals surface area contributed by atoms with Crippen LogP contribution < -0.4 is 0 Å². The average molecular weight is 200 g/mol. The summed E-state index contributed by atoms with van der Waals surface area (Å²) in [4.78, 5) is 4.09. The third-order valence-electron chi connectivity index (χ3n) is 1.84. The number of thioether (sulfide) groups is 1. The lowest BCUT2D eigenvalue weighted by Crippen LogP contribution is -1.97. The van der Waals surface area contributed by atoms with Crippen molar-refractivity contribution in [3.63, 3.8) is 0 Å². The molecule has 1 heterocycles. The number of rotatable bonds is 6. The highest BCUT2D eigenvalue weighted by Gasteiger charge is 1.99. The van der Waals surface area contributed by atoms with Gasteiger partial charge >= 0.3 is 0 Å². The molecule has 0 aliphatic rings. The Balaban J connectivity index is 2.27. The molecule has 0 atom stereocenters. The van der Waals surface area contributed by atoms with E-state index >= 15 is 0 Å². The minimum Gasteiger partial charge on any atom is -0.396 e. The third-order valence-corrected chi connectivity index (χ3v) is 2.91. The van der Waals surface area contributed by atoms with Crippen LogP contribution in [0.5, 0.6) is 0 Å². The Morgan fingerprint density at radius 1 is 1.62 bits per heavy atom. The minimum atomic E-state index is 0.292. The summed E-state index contributed by atoms with van der Waals surface area (Å²) in [5, 5.41) is 8.59. The van der Waals surface area contributed by atoms with Crippen molar-refractivity contribution >= 4 is 11.8 Å². The van der Waals surface area contributed by atoms with E-state index in [1.54, 1.807) is 0 Å². The second kappa shape index (κ2) is 6.05. The molecule has 0 aliphatic carbocycles. The summed E-state index contributed by atoms with van der Waals surface area (Å²) < 4.78 is 2.14. The van der Waals surface area contributed by atoms with Gasteiger partial charge in [0.1, 0.15) is 0 Å². The van der Waals surface area contributed by atoms with E-state index in [4.69, 9.17) is 5.11 Å². The van der Waals surface area contributed by atoms with Crippen molar-refractivity contribution in [3.8, 4) is 0 Å². The van der Waals surface area contributed by atoms with E-state index in [2.05, 4.69) is 16.5 Å². The van der Waals surface area contributed by atoms with Gasteiger partial charge in [0.05, 0.1) is 6.33 Å². The summed E-state index contributed by atoms with van der Waals surface area (Å²) >= 11 is 1.84. The van der Waals surface area contributed by atoms with Gasteiger partial charge in [0.15, 0.2) is 0 Å². The molecule has 0 aliphatic heterocycles. The van der Waals surface area contributed by atoms with Crippen LogP contribution in [0.15, 0.2) is 12.5 Å². The Morgan fingerprint density at radius 2 is 2.46 bits per heavy atom. The lowest BCUT2D eigenvalue weighted by atomic mass is 10.5. The van der Waals surface area contributed by atoms with E-state index in [1.165, 1.54) is 5.69 Å². The van der Waals surface area contributed by atoms with Crippen molar-refractivity contribution in [1.29, 1.82) is 0 Å². The predicted octanol–water partition coefficient (Wildman–Crippen LogP) is 1.52. The number of hydrogen-bond donors (Lipinski definition) is 1. The molecule has 1 aromatic rings. The lowest BCUT2D eigenvalue weighted by molar-refractivity contribution is 0.296. The largest absolute Gasteiger partial charge is 0.396 e. The molecule has 0 aromatic carbocycles. The van der Waals surface area contributed by atoms with Crippen molar-refractivity contribution in [3.05, 3.63) is 18.2 Å². The lowest BCUT2D eigenvalue weighted by Gasteiger charge is -2.03. The maximum Gasteiger partial charge on any atom is 0.0948 e. The SMILES string of the molecule is CCn1cncc1CSCCCO. The van der Waals surface area contributed by atoms with Crippen molar-refractivity contribution in [2.24, 2.45) is 0 Å². The Labute approximate surface area is 83.2 Å². The van der Waals surface area contributed by atoms with Gasteiger partial charge in [0.2, 0.25) is 0 Å². The van der Waals surface area contributed by atoms with Crippen LogP contribution in [0.3, 0.4) is 0 Å². The summed E-state index contributed by atoms with van der Waals surface area (Å²) in [5.41, 5.74) is 1.27. The van der Waals surface area contributed by atoms with Gasteiger partial charge in [-0.3, -0.25) is 0 Å². The standard InChI is InChI=1S/C9H16N2OS/c1-2-11-8-10-6-9(11)7-13-5-3-4-12/h6,8,12H,2-5,7H2,1H3. The summed E-state index contributed by atoms with van der Waals surface area (Å²) in [7, 11) is 0. The van der Waals surface area contributed by atoms with Gasteiger partial charge in [0, 0.05) is 30.8 Å². The van der Waals surface area contributed by atoms with Crippen LogP contribution in [0.2, 0.25) is 0 Å². The highest BCUT2D eigenvalue weighted by molar-refractivity contribution is 7.98. The quantitative estimate of drug-likeness (QED) is 0.707. The van der Waals surface area contributed by atoms with Crippen LogP contribution in [0.25, 0.3) is 0 Å². The predicted molar refractivity (Wildman–Crippen MR) is 55.8 cm³/mol. The zero-order chi connectivity index (χ0) is 9.52. The molecule has 1 rings (SSSR count). The molecule has 3 nitrogen and oxygen atoms in total. The van der Waals surface area contributed by atoms with Gasteiger partial charge in [-0.15, -0.1) is 0 Å². The van der Waals surface area contributed by atoms with Gasteiger partial charge in [0.25, 0.3) is 0 Å². The van der Waals surface area contributed by atoms with Gasteiger partial charge < -0.3 is 9.67 Å². The molecule has 0 radical (unpaired) electrons. The molecule has 74 valence electrons. The van der Waals surface area contributed by atoms with Crippen LogP contribution in [-0.4, -0.2) is 27.0 Å². The number of nitrogens with zero attached hydrogens (tertiary/aromatic N) is 2. The van der Waals surface area contributed by atoms with Gasteiger partial charge in [-0.05, 0) is 19.1 Å². The van der Waals surface area contributed by atoms with E-state index in [1.807, 2.05) is 24.3 Å². The number of aryl methyl sites for hydroxylation is 1. The first-order chi connectivity index (χ1) is 6.38. The maximum atomic E-state index is 8.59. The molecule has 0 amide bonds. The summed E-state index contributed by atoms with van der Waals surface area (Å²) in [5.74, 6) is 2.01. The van der Waals surface area contributed by atoms with E-state index in [9.17, 15) is 0 Å². The molecule has 0 saturated heterocycles. The molecule has 13 heavy (non-hydrogen) atoms. The molecule has 0 unspecified atom stereocenters. The topological polar surface area (TPSA) is 38.0 Å². The van der Waals surface area contributed by atoms with Gasteiger partial charge in [-0.2, -0.15) is 11.8 Å². The Bertz CT molecular complexity index is 237. The molecule has 1 N–H and O–H groups in total. The normalized spacial score (nSPS) is 10.6. The highest BCUT2D eigenvalue weighted by Crippen LogP contribution is 2.12. The van der Waals surface area contributed by atoms with Gasteiger partial charge in [-0.1, -0.05) is 0 Å². The second-order valence-electron chi connectivity index (χ2n) is 2.80. The molecule has 0 bridgehead atoms. The van der Waals surface area contributed by atoms with E-state index in [-0.39, 0.29) is 0 Å². The fourth-order valence-corrected chi connectivity index (χ4v) is 2.02. The van der Waals surface area contributed by atoms with Crippen LogP contribution in [0.4, 0.5) is 0 Å². The first-order valence-electron chi connectivity index (χ1n) is 4.56. The molecule has 1 aromatic heterocycles. The summed E-state index contributed by atoms with van der Waals surface area (Å²) in [6, 6.07) is 0. The zero-order valence-corrected chi connectivity index (χ0v) is 8.76. The molecule has 4 heteroatoms. The number of aliphatic hydroxyl groups excluding tert-OH is 1. The van der Waals surface area contributed by atoms with E-state index < -0.39 is 0 Å². The third kappa shape index (κ3) is 3.40. The van der Waals surface area contributed by atoms with Crippen LogP contribution in [0.1, 0.15) is 19.0 Å². The zero-order valence-electron chi connectivity index (χ0n) is 7.94. The molecular weight excluding hydrogens is 184 g/mol. The maximum absolute atomic E-state index is 8.59. The molecular formula is C9H16N2OS. The number of hydrogen-bond acceptors (Lipinski definition) is 3.